The molecule has 2 atom stereocenters. The minimum atomic E-state index is -0.131. The molecule has 2 heterocycles. The van der Waals surface area contributed by atoms with Crippen molar-refractivity contribution in [2.24, 2.45) is 0 Å². The Labute approximate surface area is 207 Å². The average molecular weight is 475 g/mol. The highest BCUT2D eigenvalue weighted by Gasteiger charge is 2.21. The van der Waals surface area contributed by atoms with Crippen molar-refractivity contribution in [2.45, 2.75) is 38.8 Å². The summed E-state index contributed by atoms with van der Waals surface area (Å²) in [6.07, 6.45) is 5.20. The second kappa shape index (κ2) is 11.2. The highest BCUT2D eigenvalue weighted by molar-refractivity contribution is 5.94. The van der Waals surface area contributed by atoms with E-state index in [0.29, 0.717) is 29.3 Å². The zero-order valence-corrected chi connectivity index (χ0v) is 20.8. The maximum absolute atomic E-state index is 12.0. The SMILES string of the molecule is CNC(=O)c1cc(CCc2cnc(Nc3cccc(N4C[C@@H](C)N[C@@H](C)C4)c3)nc2)cc(OC)c1. The molecule has 8 nitrogen and oxygen atoms in total. The molecular weight excluding hydrogens is 440 g/mol. The lowest BCUT2D eigenvalue weighted by molar-refractivity contribution is 0.0962. The summed E-state index contributed by atoms with van der Waals surface area (Å²) in [5, 5.41) is 9.56. The number of aromatic nitrogens is 2. The van der Waals surface area contributed by atoms with Gasteiger partial charge in [0.15, 0.2) is 0 Å². The maximum Gasteiger partial charge on any atom is 0.251 e. The molecule has 0 radical (unpaired) electrons. The van der Waals surface area contributed by atoms with Crippen LogP contribution in [0.4, 0.5) is 17.3 Å². The lowest BCUT2D eigenvalue weighted by atomic mass is 10.0. The van der Waals surface area contributed by atoms with Crippen molar-refractivity contribution in [1.82, 2.24) is 20.6 Å². The first kappa shape index (κ1) is 24.5. The zero-order valence-electron chi connectivity index (χ0n) is 20.8. The van der Waals surface area contributed by atoms with Crippen molar-refractivity contribution >= 4 is 23.2 Å². The molecule has 1 amide bonds. The Kier molecular flexibility index (Phi) is 7.82. The molecule has 184 valence electrons. The van der Waals surface area contributed by atoms with Crippen molar-refractivity contribution in [3.8, 4) is 5.75 Å². The molecule has 1 aliphatic rings. The number of methoxy groups -OCH3 is 1. The smallest absolute Gasteiger partial charge is 0.251 e. The van der Waals surface area contributed by atoms with Crippen LogP contribution in [0.1, 0.15) is 35.3 Å². The van der Waals surface area contributed by atoms with Gasteiger partial charge in [0.05, 0.1) is 7.11 Å². The molecule has 0 aliphatic carbocycles. The van der Waals surface area contributed by atoms with E-state index in [1.54, 1.807) is 20.2 Å². The molecule has 4 rings (SSSR count). The van der Waals surface area contributed by atoms with Crippen LogP contribution in [0.5, 0.6) is 5.75 Å². The number of piperazine rings is 1. The minimum Gasteiger partial charge on any atom is -0.497 e. The number of carbonyl (C=O) groups is 1. The van der Waals surface area contributed by atoms with E-state index >= 15 is 0 Å². The predicted molar refractivity (Wildman–Crippen MR) is 140 cm³/mol. The van der Waals surface area contributed by atoms with E-state index in [4.69, 9.17) is 4.74 Å². The molecule has 8 heteroatoms. The molecular formula is C27H34N6O2. The van der Waals surface area contributed by atoms with E-state index in [2.05, 4.69) is 62.9 Å². The van der Waals surface area contributed by atoms with E-state index < -0.39 is 0 Å². The maximum atomic E-state index is 12.0. The largest absolute Gasteiger partial charge is 0.497 e. The van der Waals surface area contributed by atoms with E-state index in [1.165, 1.54) is 5.69 Å². The van der Waals surface area contributed by atoms with Crippen LogP contribution in [0.25, 0.3) is 0 Å². The van der Waals surface area contributed by atoms with Gasteiger partial charge in [0.2, 0.25) is 5.95 Å². The summed E-state index contributed by atoms with van der Waals surface area (Å²) in [5.41, 5.74) is 4.80. The summed E-state index contributed by atoms with van der Waals surface area (Å²) in [4.78, 5) is 23.5. The molecule has 0 unspecified atom stereocenters. The van der Waals surface area contributed by atoms with Gasteiger partial charge in [0, 0.05) is 61.6 Å². The molecule has 1 aliphatic heterocycles. The standard InChI is InChI=1S/C27H34N6O2/c1-18-16-33(17-19(2)31-18)24-7-5-6-23(13-24)32-27-29-14-21(15-30-27)9-8-20-10-22(26(34)28-3)12-25(11-20)35-4/h5-7,10-15,18-19,31H,8-9,16-17H2,1-4H3,(H,28,34)(H,29,30,32)/t18-,19+. The molecule has 0 spiro atoms. The zero-order chi connectivity index (χ0) is 24.8. The van der Waals surface area contributed by atoms with Crippen LogP contribution in [0.3, 0.4) is 0 Å². The Bertz CT molecular complexity index is 1140. The quantitative estimate of drug-likeness (QED) is 0.460. The fourth-order valence-corrected chi connectivity index (χ4v) is 4.48. The molecule has 3 N–H and O–H groups in total. The minimum absolute atomic E-state index is 0.131. The number of nitrogens with one attached hydrogen (secondary N) is 3. The summed E-state index contributed by atoms with van der Waals surface area (Å²) in [5.74, 6) is 1.11. The Morgan fingerprint density at radius 3 is 2.46 bits per heavy atom. The Morgan fingerprint density at radius 1 is 1.06 bits per heavy atom. The van der Waals surface area contributed by atoms with Gasteiger partial charge in [-0.3, -0.25) is 4.79 Å². The second-order valence-electron chi connectivity index (χ2n) is 9.11. The number of aryl methyl sites for hydroxylation is 2. The van der Waals surface area contributed by atoms with Gasteiger partial charge in [0.25, 0.3) is 5.91 Å². The average Bonchev–Trinajstić information content (AvgIpc) is 2.87. The van der Waals surface area contributed by atoms with Gasteiger partial charge in [-0.15, -0.1) is 0 Å². The molecule has 1 aromatic heterocycles. The Balaban J connectivity index is 1.38. The van der Waals surface area contributed by atoms with E-state index in [9.17, 15) is 4.79 Å². The first-order valence-electron chi connectivity index (χ1n) is 12.0. The number of ether oxygens (including phenoxy) is 1. The van der Waals surface area contributed by atoms with Gasteiger partial charge in [0.1, 0.15) is 5.75 Å². The van der Waals surface area contributed by atoms with Gasteiger partial charge in [-0.05, 0) is 74.2 Å². The third-order valence-electron chi connectivity index (χ3n) is 6.12. The molecule has 2 aromatic carbocycles. The highest BCUT2D eigenvalue weighted by atomic mass is 16.5. The highest BCUT2D eigenvalue weighted by Crippen LogP contribution is 2.24. The normalized spacial score (nSPS) is 17.7. The number of carbonyl (C=O) groups excluding carboxylic acids is 1. The Morgan fingerprint density at radius 2 is 1.77 bits per heavy atom. The molecule has 0 saturated carbocycles. The van der Waals surface area contributed by atoms with E-state index in [1.807, 2.05) is 30.6 Å². The first-order valence-corrected chi connectivity index (χ1v) is 12.0. The fraction of sp³-hybridized carbons (Fsp3) is 0.370. The van der Waals surface area contributed by atoms with Crippen LogP contribution in [0.15, 0.2) is 54.9 Å². The van der Waals surface area contributed by atoms with Crippen molar-refractivity contribution in [2.75, 3.05) is 37.5 Å². The summed E-state index contributed by atoms with van der Waals surface area (Å²) >= 11 is 0. The van der Waals surface area contributed by atoms with Crippen LogP contribution in [0.2, 0.25) is 0 Å². The van der Waals surface area contributed by atoms with Crippen LogP contribution >= 0.6 is 0 Å². The lowest BCUT2D eigenvalue weighted by Gasteiger charge is -2.37. The van der Waals surface area contributed by atoms with Crippen LogP contribution in [-0.4, -0.2) is 55.2 Å². The van der Waals surface area contributed by atoms with Gasteiger partial charge >= 0.3 is 0 Å². The molecule has 0 bridgehead atoms. The van der Waals surface area contributed by atoms with Gasteiger partial charge in [-0.1, -0.05) is 6.07 Å². The van der Waals surface area contributed by atoms with Crippen molar-refractivity contribution in [1.29, 1.82) is 0 Å². The Hall–Kier alpha value is -3.65. The lowest BCUT2D eigenvalue weighted by Crippen LogP contribution is -2.54. The topological polar surface area (TPSA) is 91.4 Å². The summed E-state index contributed by atoms with van der Waals surface area (Å²) in [7, 11) is 3.23. The summed E-state index contributed by atoms with van der Waals surface area (Å²) < 4.78 is 5.35. The molecule has 3 aromatic rings. The fourth-order valence-electron chi connectivity index (χ4n) is 4.48. The number of amides is 1. The van der Waals surface area contributed by atoms with Gasteiger partial charge in [-0.2, -0.15) is 0 Å². The van der Waals surface area contributed by atoms with Crippen molar-refractivity contribution in [3.05, 3.63) is 71.5 Å². The number of hydrogen-bond donors (Lipinski definition) is 3. The van der Waals surface area contributed by atoms with Gasteiger partial charge in [-0.25, -0.2) is 9.97 Å². The number of anilines is 3. The van der Waals surface area contributed by atoms with Crippen LogP contribution in [0, 0.1) is 0 Å². The van der Waals surface area contributed by atoms with Crippen molar-refractivity contribution in [3.63, 3.8) is 0 Å². The molecule has 1 saturated heterocycles. The van der Waals surface area contributed by atoms with Crippen molar-refractivity contribution < 1.29 is 9.53 Å². The van der Waals surface area contributed by atoms with Crippen LogP contribution < -0.4 is 25.6 Å². The molecule has 35 heavy (non-hydrogen) atoms. The van der Waals surface area contributed by atoms with E-state index in [0.717, 1.165) is 42.7 Å². The van der Waals surface area contributed by atoms with Gasteiger partial charge < -0.3 is 25.6 Å². The monoisotopic (exact) mass is 474 g/mol. The third kappa shape index (κ3) is 6.48. The number of hydrogen-bond acceptors (Lipinski definition) is 7. The first-order chi connectivity index (χ1) is 16.9. The number of rotatable bonds is 8. The summed E-state index contributed by atoms with van der Waals surface area (Å²) in [6, 6.07) is 14.9. The van der Waals surface area contributed by atoms with E-state index in [-0.39, 0.29) is 5.91 Å². The number of nitrogens with zero attached hydrogens (tertiary/aromatic N) is 3. The third-order valence-corrected chi connectivity index (χ3v) is 6.12. The molecule has 1 fully saturated rings. The predicted octanol–water partition coefficient (Wildman–Crippen LogP) is 3.56. The van der Waals surface area contributed by atoms with Crippen LogP contribution in [-0.2, 0) is 12.8 Å². The second-order valence-corrected chi connectivity index (χ2v) is 9.11. The summed E-state index contributed by atoms with van der Waals surface area (Å²) in [6.45, 7) is 6.40. The number of benzene rings is 2.